The Morgan fingerprint density at radius 3 is 2.61 bits per heavy atom. The fraction of sp³-hybridized carbons (Fsp3) is 0.462. The van der Waals surface area contributed by atoms with Gasteiger partial charge in [0.1, 0.15) is 0 Å². The Balaban J connectivity index is 2.56. The number of rotatable bonds is 4. The van der Waals surface area contributed by atoms with Crippen LogP contribution in [0.15, 0.2) is 10.5 Å². The molecule has 4 nitrogen and oxygen atoms in total. The number of hydrogen-bond donors (Lipinski definition) is 2. The lowest BCUT2D eigenvalue weighted by Gasteiger charge is -2.20. The number of phenolic OH excluding ortho intramolecular Hbond substituents is 1. The lowest BCUT2D eigenvalue weighted by atomic mass is 9.88. The summed E-state index contributed by atoms with van der Waals surface area (Å²) in [5.41, 5.74) is 1.15. The fourth-order valence-electron chi connectivity index (χ4n) is 2.47. The van der Waals surface area contributed by atoms with Crippen molar-refractivity contribution >= 4 is 21.9 Å². The van der Waals surface area contributed by atoms with E-state index >= 15 is 0 Å². The summed E-state index contributed by atoms with van der Waals surface area (Å²) in [7, 11) is 1.48. The average molecular weight is 315 g/mol. The van der Waals surface area contributed by atoms with Gasteiger partial charge in [-0.3, -0.25) is 4.79 Å². The predicted octanol–water partition coefficient (Wildman–Crippen LogP) is 2.98. The highest BCUT2D eigenvalue weighted by Gasteiger charge is 2.49. The highest BCUT2D eigenvalue weighted by atomic mass is 79.9. The Bertz CT molecular complexity index is 506. The first-order chi connectivity index (χ1) is 8.41. The molecule has 1 aromatic rings. The number of aliphatic carboxylic acids is 1. The zero-order valence-electron chi connectivity index (χ0n) is 10.3. The minimum atomic E-state index is -0.842. The van der Waals surface area contributed by atoms with E-state index < -0.39 is 11.4 Å². The van der Waals surface area contributed by atoms with Crippen molar-refractivity contribution in [1.29, 1.82) is 0 Å². The topological polar surface area (TPSA) is 66.8 Å². The molecule has 0 aromatic heterocycles. The molecule has 0 unspecified atom stereocenters. The minimum absolute atomic E-state index is 0.0427. The van der Waals surface area contributed by atoms with Crippen LogP contribution < -0.4 is 4.74 Å². The van der Waals surface area contributed by atoms with Gasteiger partial charge in [-0.15, -0.1) is 0 Å². The average Bonchev–Trinajstić information content (AvgIpc) is 3.03. The molecular formula is C13H15BrO4. The summed E-state index contributed by atoms with van der Waals surface area (Å²) in [5, 5.41) is 19.2. The van der Waals surface area contributed by atoms with E-state index in [0.717, 1.165) is 22.9 Å². The highest BCUT2D eigenvalue weighted by molar-refractivity contribution is 9.10. The van der Waals surface area contributed by atoms with Crippen LogP contribution in [0.4, 0.5) is 0 Å². The van der Waals surface area contributed by atoms with Gasteiger partial charge in [-0.25, -0.2) is 0 Å². The highest BCUT2D eigenvalue weighted by Crippen LogP contribution is 2.57. The lowest BCUT2D eigenvalue weighted by molar-refractivity contribution is -0.137. The maximum Gasteiger partial charge on any atom is 0.304 e. The summed E-state index contributed by atoms with van der Waals surface area (Å²) in [6.07, 6.45) is 1.61. The number of aromatic hydroxyl groups is 1. The third-order valence-electron chi connectivity index (χ3n) is 3.55. The van der Waals surface area contributed by atoms with Gasteiger partial charge in [0.2, 0.25) is 0 Å². The fourth-order valence-corrected chi connectivity index (χ4v) is 2.88. The zero-order chi connectivity index (χ0) is 13.5. The molecule has 2 rings (SSSR count). The van der Waals surface area contributed by atoms with Crippen LogP contribution in [0, 0.1) is 6.92 Å². The maximum atomic E-state index is 11.0. The Kier molecular flexibility index (Phi) is 3.27. The van der Waals surface area contributed by atoms with E-state index in [2.05, 4.69) is 15.9 Å². The number of hydrogen-bond acceptors (Lipinski definition) is 3. The molecule has 0 radical (unpaired) electrons. The van der Waals surface area contributed by atoms with E-state index in [9.17, 15) is 9.90 Å². The van der Waals surface area contributed by atoms with Crippen LogP contribution in [0.3, 0.4) is 0 Å². The number of carbonyl (C=O) groups is 1. The molecule has 0 saturated heterocycles. The number of phenols is 1. The van der Waals surface area contributed by atoms with Crippen LogP contribution in [0.1, 0.15) is 30.4 Å². The number of benzene rings is 1. The van der Waals surface area contributed by atoms with Crippen molar-refractivity contribution in [3.05, 3.63) is 21.7 Å². The Hall–Kier alpha value is -1.23. The molecule has 0 spiro atoms. The van der Waals surface area contributed by atoms with Crippen molar-refractivity contribution in [3.8, 4) is 11.5 Å². The van der Waals surface area contributed by atoms with E-state index in [1.54, 1.807) is 6.07 Å². The SMILES string of the molecule is COc1cc(Br)c(C)c(C2(CC(=O)O)CC2)c1O. The number of carboxylic acid groups (broad SMARTS) is 1. The molecule has 18 heavy (non-hydrogen) atoms. The molecule has 1 saturated carbocycles. The zero-order valence-corrected chi connectivity index (χ0v) is 11.9. The molecule has 1 aliphatic carbocycles. The summed E-state index contributed by atoms with van der Waals surface area (Å²) < 4.78 is 5.94. The van der Waals surface area contributed by atoms with Crippen molar-refractivity contribution in [2.75, 3.05) is 7.11 Å². The summed E-state index contributed by atoms with van der Waals surface area (Å²) in [4.78, 5) is 11.0. The Morgan fingerprint density at radius 1 is 1.56 bits per heavy atom. The summed E-state index contributed by atoms with van der Waals surface area (Å²) in [5.74, 6) is -0.402. The molecule has 0 bridgehead atoms. The molecule has 0 aliphatic heterocycles. The summed E-state index contributed by atoms with van der Waals surface area (Å²) >= 11 is 3.42. The van der Waals surface area contributed by atoms with E-state index in [4.69, 9.17) is 9.84 Å². The first-order valence-electron chi connectivity index (χ1n) is 5.69. The van der Waals surface area contributed by atoms with Crippen LogP contribution in [0.5, 0.6) is 11.5 Å². The van der Waals surface area contributed by atoms with Crippen molar-refractivity contribution in [2.45, 2.75) is 31.6 Å². The Morgan fingerprint density at radius 2 is 2.17 bits per heavy atom. The number of carboxylic acids is 1. The van der Waals surface area contributed by atoms with Gasteiger partial charge < -0.3 is 14.9 Å². The molecule has 1 aliphatic rings. The standard InChI is InChI=1S/C13H15BrO4/c1-7-8(14)5-9(18-2)12(17)11(7)13(3-4-13)6-10(15)16/h5,17H,3-4,6H2,1-2H3,(H,15,16). The van der Waals surface area contributed by atoms with Crippen LogP contribution >= 0.6 is 15.9 Å². The first kappa shape index (κ1) is 13.2. The number of halogens is 1. The third-order valence-corrected chi connectivity index (χ3v) is 4.38. The monoisotopic (exact) mass is 314 g/mol. The van der Waals surface area contributed by atoms with Crippen LogP contribution in [0.25, 0.3) is 0 Å². The third kappa shape index (κ3) is 2.07. The smallest absolute Gasteiger partial charge is 0.304 e. The van der Waals surface area contributed by atoms with Crippen molar-refractivity contribution in [1.82, 2.24) is 0 Å². The van der Waals surface area contributed by atoms with Gasteiger partial charge in [0.05, 0.1) is 13.5 Å². The van der Waals surface area contributed by atoms with Gasteiger partial charge >= 0.3 is 5.97 Å². The number of ether oxygens (including phenoxy) is 1. The van der Waals surface area contributed by atoms with Gasteiger partial charge in [0.25, 0.3) is 0 Å². The van der Waals surface area contributed by atoms with Gasteiger partial charge in [0, 0.05) is 15.5 Å². The normalized spacial score (nSPS) is 16.4. The minimum Gasteiger partial charge on any atom is -0.504 e. The van der Waals surface area contributed by atoms with Crippen LogP contribution in [-0.2, 0) is 10.2 Å². The van der Waals surface area contributed by atoms with Gasteiger partial charge in [-0.2, -0.15) is 0 Å². The molecule has 98 valence electrons. The predicted molar refractivity (Wildman–Crippen MR) is 70.3 cm³/mol. The number of methoxy groups -OCH3 is 1. The van der Waals surface area contributed by atoms with E-state index in [1.807, 2.05) is 6.92 Å². The van der Waals surface area contributed by atoms with Crippen molar-refractivity contribution in [3.63, 3.8) is 0 Å². The van der Waals surface area contributed by atoms with Gasteiger partial charge in [-0.05, 0) is 31.4 Å². The summed E-state index contributed by atoms with van der Waals surface area (Å²) in [6, 6.07) is 1.70. The van der Waals surface area contributed by atoms with Gasteiger partial charge in [-0.1, -0.05) is 15.9 Å². The van der Waals surface area contributed by atoms with Crippen molar-refractivity contribution < 1.29 is 19.7 Å². The molecule has 0 atom stereocenters. The second-order valence-electron chi connectivity index (χ2n) is 4.76. The molecule has 5 heteroatoms. The molecule has 0 amide bonds. The molecular weight excluding hydrogens is 300 g/mol. The molecule has 1 aromatic carbocycles. The molecule has 0 heterocycles. The van der Waals surface area contributed by atoms with E-state index in [1.165, 1.54) is 7.11 Å². The van der Waals surface area contributed by atoms with E-state index in [0.29, 0.717) is 11.3 Å². The lowest BCUT2D eigenvalue weighted by Crippen LogP contribution is -2.15. The Labute approximate surface area is 114 Å². The maximum absolute atomic E-state index is 11.0. The first-order valence-corrected chi connectivity index (χ1v) is 6.49. The quantitative estimate of drug-likeness (QED) is 0.896. The largest absolute Gasteiger partial charge is 0.504 e. The van der Waals surface area contributed by atoms with Crippen LogP contribution in [0.2, 0.25) is 0 Å². The van der Waals surface area contributed by atoms with Gasteiger partial charge in [0.15, 0.2) is 11.5 Å². The molecule has 1 fully saturated rings. The summed E-state index contributed by atoms with van der Waals surface area (Å²) in [6.45, 7) is 1.88. The molecule has 2 N–H and O–H groups in total. The second-order valence-corrected chi connectivity index (χ2v) is 5.61. The van der Waals surface area contributed by atoms with E-state index in [-0.39, 0.29) is 12.2 Å². The second kappa shape index (κ2) is 4.46. The van der Waals surface area contributed by atoms with Crippen molar-refractivity contribution in [2.24, 2.45) is 0 Å². The van der Waals surface area contributed by atoms with Crippen LogP contribution in [-0.4, -0.2) is 23.3 Å².